The Bertz CT molecular complexity index is 191. The lowest BCUT2D eigenvalue weighted by atomic mass is 9.86. The highest BCUT2D eigenvalue weighted by Gasteiger charge is 2.28. The van der Waals surface area contributed by atoms with Crippen molar-refractivity contribution in [3.8, 4) is 0 Å². The number of nitrogens with one attached hydrogen (secondary N) is 1. The van der Waals surface area contributed by atoms with E-state index in [1.54, 1.807) is 0 Å². The fourth-order valence-corrected chi connectivity index (χ4v) is 0.961. The molecule has 0 saturated heterocycles. The highest BCUT2D eigenvalue weighted by Crippen LogP contribution is 2.19. The summed E-state index contributed by atoms with van der Waals surface area (Å²) in [5.74, 6) is -0.342. The topological polar surface area (TPSA) is 55.1 Å². The van der Waals surface area contributed by atoms with E-state index < -0.39 is 0 Å². The molecule has 0 aromatic rings. The van der Waals surface area contributed by atoms with Gasteiger partial charge in [-0.2, -0.15) is 0 Å². The second-order valence-corrected chi connectivity index (χ2v) is 4.13. The van der Waals surface area contributed by atoms with Crippen LogP contribution in [0.3, 0.4) is 0 Å². The molecule has 0 fully saturated rings. The second kappa shape index (κ2) is 3.61. The molecular weight excluding hydrogens is 152 g/mol. The molecule has 3 N–H and O–H groups in total. The van der Waals surface area contributed by atoms with Crippen LogP contribution in [-0.4, -0.2) is 11.9 Å². The molecule has 0 aliphatic carbocycles. The zero-order valence-corrected chi connectivity index (χ0v) is 8.27. The van der Waals surface area contributed by atoms with Gasteiger partial charge in [-0.05, 0) is 12.3 Å². The first-order valence-electron chi connectivity index (χ1n) is 3.96. The molecule has 0 aliphatic rings. The SMILES string of the molecule is C=C(C)N[C@H](C(N)=O)C(C)(C)C. The summed E-state index contributed by atoms with van der Waals surface area (Å²) < 4.78 is 0. The van der Waals surface area contributed by atoms with Gasteiger partial charge in [-0.3, -0.25) is 4.79 Å². The van der Waals surface area contributed by atoms with Gasteiger partial charge in [0.05, 0.1) is 0 Å². The van der Waals surface area contributed by atoms with E-state index in [1.165, 1.54) is 0 Å². The third-order valence-corrected chi connectivity index (χ3v) is 1.54. The molecule has 12 heavy (non-hydrogen) atoms. The summed E-state index contributed by atoms with van der Waals surface area (Å²) in [5, 5.41) is 2.95. The molecule has 0 spiro atoms. The number of nitrogens with two attached hydrogens (primary N) is 1. The summed E-state index contributed by atoms with van der Waals surface area (Å²) in [4.78, 5) is 11.0. The summed E-state index contributed by atoms with van der Waals surface area (Å²) in [6, 6.07) is -0.352. The first kappa shape index (κ1) is 11.0. The Balaban J connectivity index is 4.46. The Morgan fingerprint density at radius 3 is 2.00 bits per heavy atom. The van der Waals surface area contributed by atoms with Crippen LogP contribution in [0.2, 0.25) is 0 Å². The van der Waals surface area contributed by atoms with Crippen LogP contribution in [0.5, 0.6) is 0 Å². The average molecular weight is 170 g/mol. The van der Waals surface area contributed by atoms with Crippen molar-refractivity contribution in [3.05, 3.63) is 12.3 Å². The predicted molar refractivity (Wildman–Crippen MR) is 50.4 cm³/mol. The highest BCUT2D eigenvalue weighted by atomic mass is 16.1. The Morgan fingerprint density at radius 1 is 1.50 bits per heavy atom. The van der Waals surface area contributed by atoms with Crippen LogP contribution in [0.4, 0.5) is 0 Å². The quantitative estimate of drug-likeness (QED) is 0.664. The van der Waals surface area contributed by atoms with Crippen LogP contribution in [0.1, 0.15) is 27.7 Å². The van der Waals surface area contributed by atoms with Crippen LogP contribution >= 0.6 is 0 Å². The van der Waals surface area contributed by atoms with Crippen molar-refractivity contribution < 1.29 is 4.79 Å². The normalized spacial score (nSPS) is 13.7. The maximum Gasteiger partial charge on any atom is 0.240 e. The van der Waals surface area contributed by atoms with Crippen LogP contribution in [-0.2, 0) is 4.79 Å². The first-order chi connectivity index (χ1) is 5.25. The van der Waals surface area contributed by atoms with Crippen molar-refractivity contribution >= 4 is 5.91 Å². The number of hydrogen-bond donors (Lipinski definition) is 2. The largest absolute Gasteiger partial charge is 0.377 e. The minimum Gasteiger partial charge on any atom is -0.377 e. The molecular formula is C9H18N2O. The molecule has 0 unspecified atom stereocenters. The van der Waals surface area contributed by atoms with Gasteiger partial charge >= 0.3 is 0 Å². The number of amides is 1. The molecule has 0 heterocycles. The summed E-state index contributed by atoms with van der Waals surface area (Å²) in [5.41, 5.74) is 5.81. The summed E-state index contributed by atoms with van der Waals surface area (Å²) in [6.45, 7) is 11.3. The van der Waals surface area contributed by atoms with Gasteiger partial charge in [0.1, 0.15) is 6.04 Å². The fraction of sp³-hybridized carbons (Fsp3) is 0.667. The van der Waals surface area contributed by atoms with Crippen molar-refractivity contribution in [1.29, 1.82) is 0 Å². The molecule has 1 atom stereocenters. The van der Waals surface area contributed by atoms with E-state index in [-0.39, 0.29) is 17.4 Å². The summed E-state index contributed by atoms with van der Waals surface area (Å²) >= 11 is 0. The van der Waals surface area contributed by atoms with Crippen molar-refractivity contribution in [2.45, 2.75) is 33.7 Å². The van der Waals surface area contributed by atoms with E-state index in [0.717, 1.165) is 5.70 Å². The highest BCUT2D eigenvalue weighted by molar-refractivity contribution is 5.80. The van der Waals surface area contributed by atoms with E-state index in [1.807, 2.05) is 27.7 Å². The zero-order valence-electron chi connectivity index (χ0n) is 8.27. The molecule has 0 rings (SSSR count). The molecule has 0 bridgehead atoms. The van der Waals surface area contributed by atoms with Gasteiger partial charge in [-0.15, -0.1) is 0 Å². The third kappa shape index (κ3) is 3.42. The summed E-state index contributed by atoms with van der Waals surface area (Å²) in [7, 11) is 0. The van der Waals surface area contributed by atoms with E-state index in [9.17, 15) is 4.79 Å². The van der Waals surface area contributed by atoms with Crippen molar-refractivity contribution in [2.24, 2.45) is 11.1 Å². The molecule has 0 aromatic heterocycles. The van der Waals surface area contributed by atoms with Gasteiger partial charge in [0, 0.05) is 5.70 Å². The van der Waals surface area contributed by atoms with Crippen molar-refractivity contribution in [2.75, 3.05) is 0 Å². The lowest BCUT2D eigenvalue weighted by molar-refractivity contribution is -0.122. The molecule has 0 aliphatic heterocycles. The monoisotopic (exact) mass is 170 g/mol. The number of carbonyl (C=O) groups is 1. The lowest BCUT2D eigenvalue weighted by Crippen LogP contribution is -2.48. The van der Waals surface area contributed by atoms with E-state index in [2.05, 4.69) is 11.9 Å². The van der Waals surface area contributed by atoms with E-state index in [4.69, 9.17) is 5.73 Å². The first-order valence-corrected chi connectivity index (χ1v) is 3.96. The molecule has 3 nitrogen and oxygen atoms in total. The number of allylic oxidation sites excluding steroid dienone is 1. The lowest BCUT2D eigenvalue weighted by Gasteiger charge is -2.29. The summed E-state index contributed by atoms with van der Waals surface area (Å²) in [6.07, 6.45) is 0. The maximum atomic E-state index is 11.0. The van der Waals surface area contributed by atoms with Crippen LogP contribution in [0.25, 0.3) is 0 Å². The molecule has 70 valence electrons. The number of rotatable bonds is 3. The minimum absolute atomic E-state index is 0.176. The zero-order chi connectivity index (χ0) is 9.94. The molecule has 0 aromatic carbocycles. The third-order valence-electron chi connectivity index (χ3n) is 1.54. The Kier molecular flexibility index (Phi) is 3.31. The Morgan fingerprint density at radius 2 is 1.92 bits per heavy atom. The smallest absolute Gasteiger partial charge is 0.240 e. The van der Waals surface area contributed by atoms with Crippen LogP contribution in [0.15, 0.2) is 12.3 Å². The average Bonchev–Trinajstić information content (AvgIpc) is 1.79. The fourth-order valence-electron chi connectivity index (χ4n) is 0.961. The van der Waals surface area contributed by atoms with Gasteiger partial charge in [0.2, 0.25) is 5.91 Å². The minimum atomic E-state index is -0.352. The molecule has 0 radical (unpaired) electrons. The standard InChI is InChI=1S/C9H18N2O/c1-6(2)11-7(8(10)12)9(3,4)5/h7,11H,1H2,2-5H3,(H2,10,12)/t7-/m1/s1. The van der Waals surface area contributed by atoms with Gasteiger partial charge in [0.25, 0.3) is 0 Å². The molecule has 3 heteroatoms. The van der Waals surface area contributed by atoms with Crippen LogP contribution < -0.4 is 11.1 Å². The molecule has 0 saturated carbocycles. The molecule has 1 amide bonds. The number of hydrogen-bond acceptors (Lipinski definition) is 2. The Labute approximate surface area is 74.0 Å². The number of primary amides is 1. The van der Waals surface area contributed by atoms with Crippen molar-refractivity contribution in [3.63, 3.8) is 0 Å². The maximum absolute atomic E-state index is 11.0. The number of carbonyl (C=O) groups excluding carboxylic acids is 1. The van der Waals surface area contributed by atoms with Gasteiger partial charge < -0.3 is 11.1 Å². The van der Waals surface area contributed by atoms with Gasteiger partial charge in [-0.1, -0.05) is 27.4 Å². The van der Waals surface area contributed by atoms with Gasteiger partial charge in [-0.25, -0.2) is 0 Å². The predicted octanol–water partition coefficient (Wildman–Crippen LogP) is 1.01. The van der Waals surface area contributed by atoms with Gasteiger partial charge in [0.15, 0.2) is 0 Å². The Hall–Kier alpha value is -0.990. The van der Waals surface area contributed by atoms with Crippen molar-refractivity contribution in [1.82, 2.24) is 5.32 Å². The second-order valence-electron chi connectivity index (χ2n) is 4.13. The van der Waals surface area contributed by atoms with Crippen LogP contribution in [0, 0.1) is 5.41 Å². The van der Waals surface area contributed by atoms with E-state index in [0.29, 0.717) is 0 Å². The van der Waals surface area contributed by atoms with E-state index >= 15 is 0 Å².